The summed E-state index contributed by atoms with van der Waals surface area (Å²) in [6, 6.07) is 10.3. The highest BCUT2D eigenvalue weighted by Crippen LogP contribution is 2.50. The minimum atomic E-state index is 0. The van der Waals surface area contributed by atoms with Crippen molar-refractivity contribution in [1.29, 1.82) is 0 Å². The molecule has 0 radical (unpaired) electrons. The van der Waals surface area contributed by atoms with E-state index in [4.69, 9.17) is 15.6 Å². The molecule has 0 bridgehead atoms. The summed E-state index contributed by atoms with van der Waals surface area (Å²) in [4.78, 5) is 4.66. The van der Waals surface area contributed by atoms with Gasteiger partial charge in [-0.1, -0.05) is 25.6 Å². The Balaban J connectivity index is 0.00000140. The number of nitrogen functional groups attached to an aromatic ring is 1. The van der Waals surface area contributed by atoms with Crippen LogP contribution in [0.2, 0.25) is 0 Å². The van der Waals surface area contributed by atoms with Crippen LogP contribution in [-0.4, -0.2) is 46.9 Å². The maximum absolute atomic E-state index is 6.30. The van der Waals surface area contributed by atoms with E-state index in [1.165, 1.54) is 5.39 Å². The van der Waals surface area contributed by atoms with Crippen LogP contribution in [0.5, 0.6) is 5.75 Å². The Hall–Kier alpha value is -1.93. The van der Waals surface area contributed by atoms with Gasteiger partial charge in [-0.25, -0.2) is 0 Å². The third-order valence-corrected chi connectivity index (χ3v) is 6.28. The summed E-state index contributed by atoms with van der Waals surface area (Å²) in [5.41, 5.74) is 10.4. The van der Waals surface area contributed by atoms with Crippen molar-refractivity contribution < 1.29 is 10.2 Å². The summed E-state index contributed by atoms with van der Waals surface area (Å²) >= 11 is 1.71. The largest absolute Gasteiger partial charge is 0.497 e. The molecule has 6 nitrogen and oxygen atoms in total. The molecule has 0 saturated heterocycles. The van der Waals surface area contributed by atoms with Gasteiger partial charge >= 0.3 is 0 Å². The van der Waals surface area contributed by atoms with E-state index in [0.717, 1.165) is 64.2 Å². The Morgan fingerprint density at radius 2 is 1.93 bits per heavy atom. The van der Waals surface area contributed by atoms with E-state index in [1.807, 2.05) is 12.1 Å². The summed E-state index contributed by atoms with van der Waals surface area (Å²) < 4.78 is 7.52. The summed E-state index contributed by atoms with van der Waals surface area (Å²) in [5.74, 6) is 0.853. The molecule has 3 aromatic rings. The van der Waals surface area contributed by atoms with Crippen LogP contribution in [0.3, 0.4) is 0 Å². The lowest BCUT2D eigenvalue weighted by Gasteiger charge is -2.18. The van der Waals surface area contributed by atoms with Crippen molar-refractivity contribution in [3.63, 3.8) is 0 Å². The normalized spacial score (nSPS) is 11.7. The Labute approximate surface area is 175 Å². The molecule has 2 heterocycles. The molecular weight excluding hydrogens is 396 g/mol. The Morgan fingerprint density at radius 1 is 1.18 bits per heavy atom. The number of halogens is 1. The summed E-state index contributed by atoms with van der Waals surface area (Å²) in [6.45, 7) is 8.37. The molecule has 0 amide bonds. The van der Waals surface area contributed by atoms with Gasteiger partial charge in [0.25, 0.3) is 0 Å². The van der Waals surface area contributed by atoms with Gasteiger partial charge in [0, 0.05) is 33.0 Å². The molecule has 4 N–H and O–H groups in total. The number of aromatic nitrogens is 2. The van der Waals surface area contributed by atoms with Crippen molar-refractivity contribution in [2.24, 2.45) is 0 Å². The Morgan fingerprint density at radius 3 is 2.61 bits per heavy atom. The van der Waals surface area contributed by atoms with E-state index in [2.05, 4.69) is 41.6 Å². The quantitative estimate of drug-likeness (QED) is 0.478. The molecular formula is C20H27ClN4O2S. The monoisotopic (exact) mass is 422 g/mol. The molecule has 8 heteroatoms. The van der Waals surface area contributed by atoms with Crippen LogP contribution in [0.1, 0.15) is 13.8 Å². The van der Waals surface area contributed by atoms with Crippen molar-refractivity contribution in [3.05, 3.63) is 30.3 Å². The summed E-state index contributed by atoms with van der Waals surface area (Å²) in [5, 5.41) is 6.15. The van der Waals surface area contributed by atoms with Crippen LogP contribution in [0, 0.1) is 0 Å². The highest BCUT2D eigenvalue weighted by Gasteiger charge is 2.25. The first-order chi connectivity index (χ1) is 12.7. The average Bonchev–Trinajstić information content (AvgIpc) is 3.04. The molecule has 152 valence electrons. The molecule has 0 fully saturated rings. The minimum Gasteiger partial charge on any atom is -0.497 e. The molecule has 0 atom stereocenters. The smallest absolute Gasteiger partial charge is 0.120 e. The Bertz CT molecular complexity index is 972. The van der Waals surface area contributed by atoms with Gasteiger partial charge in [0.2, 0.25) is 0 Å². The number of rotatable bonds is 6. The number of methoxy groups -OCH3 is 1. The first kappa shape index (κ1) is 22.4. The topological polar surface area (TPSA) is 87.8 Å². The van der Waals surface area contributed by atoms with Crippen LogP contribution in [0.4, 0.5) is 5.69 Å². The molecule has 2 aromatic carbocycles. The SMILES string of the molecule is CCN(CC)CCn1nc2c3c(c(N)ccc31)Sc1cc(OC)ccc1-2.Cl.O. The van der Waals surface area contributed by atoms with Gasteiger partial charge in [-0.3, -0.25) is 4.68 Å². The van der Waals surface area contributed by atoms with E-state index in [0.29, 0.717) is 0 Å². The summed E-state index contributed by atoms with van der Waals surface area (Å²) in [7, 11) is 1.69. The molecule has 1 aromatic heterocycles. The van der Waals surface area contributed by atoms with E-state index in [-0.39, 0.29) is 17.9 Å². The molecule has 0 saturated carbocycles. The molecule has 1 aliphatic heterocycles. The molecule has 4 rings (SSSR count). The molecule has 0 unspecified atom stereocenters. The van der Waals surface area contributed by atoms with Crippen molar-refractivity contribution >= 4 is 40.8 Å². The lowest BCUT2D eigenvalue weighted by atomic mass is 10.1. The van der Waals surface area contributed by atoms with Crippen LogP contribution < -0.4 is 10.5 Å². The van der Waals surface area contributed by atoms with E-state index in [9.17, 15) is 0 Å². The van der Waals surface area contributed by atoms with Crippen LogP contribution in [-0.2, 0) is 6.54 Å². The first-order valence-corrected chi connectivity index (χ1v) is 9.85. The predicted molar refractivity (Wildman–Crippen MR) is 119 cm³/mol. The standard InChI is InChI=1S/C20H24N4OS.ClH.H2O/c1-4-23(5-2)10-11-24-16-9-8-15(21)20-18(16)19(22-24)14-7-6-13(25-3)12-17(14)26-20;;/h6-9,12H,4-5,10-11,21H2,1-3H3;1H;1H2. The maximum Gasteiger partial charge on any atom is 0.120 e. The third-order valence-electron chi connectivity index (χ3n) is 5.08. The molecule has 1 aliphatic rings. The number of hydrogen-bond donors (Lipinski definition) is 1. The van der Waals surface area contributed by atoms with Gasteiger partial charge in [0.15, 0.2) is 0 Å². The number of ether oxygens (including phenoxy) is 1. The number of fused-ring (bicyclic) bond motifs is 2. The second-order valence-corrected chi connectivity index (χ2v) is 7.49. The van der Waals surface area contributed by atoms with Gasteiger partial charge in [-0.2, -0.15) is 5.10 Å². The van der Waals surface area contributed by atoms with Gasteiger partial charge in [-0.15, -0.1) is 12.4 Å². The fraction of sp³-hybridized carbons (Fsp3) is 0.350. The number of likely N-dealkylation sites (N-methyl/N-ethyl adjacent to an activating group) is 1. The van der Waals surface area contributed by atoms with Crippen molar-refractivity contribution in [3.8, 4) is 17.0 Å². The van der Waals surface area contributed by atoms with Gasteiger partial charge in [0.05, 0.1) is 19.2 Å². The minimum absolute atomic E-state index is 0. The number of hydrogen-bond acceptors (Lipinski definition) is 5. The van der Waals surface area contributed by atoms with Gasteiger partial charge in [-0.05, 0) is 43.4 Å². The van der Waals surface area contributed by atoms with Gasteiger partial charge in [0.1, 0.15) is 11.4 Å². The van der Waals surface area contributed by atoms with E-state index in [1.54, 1.807) is 18.9 Å². The van der Waals surface area contributed by atoms with Crippen molar-refractivity contribution in [1.82, 2.24) is 14.7 Å². The highest BCUT2D eigenvalue weighted by molar-refractivity contribution is 8.00. The highest BCUT2D eigenvalue weighted by atomic mass is 35.5. The zero-order valence-corrected chi connectivity index (χ0v) is 18.0. The second kappa shape index (κ2) is 9.05. The van der Waals surface area contributed by atoms with Gasteiger partial charge < -0.3 is 20.8 Å². The van der Waals surface area contributed by atoms with Crippen LogP contribution >= 0.6 is 24.2 Å². The molecule has 0 spiro atoms. The average molecular weight is 423 g/mol. The van der Waals surface area contributed by atoms with Crippen LogP contribution in [0.25, 0.3) is 22.2 Å². The fourth-order valence-corrected chi connectivity index (χ4v) is 4.68. The van der Waals surface area contributed by atoms with Crippen molar-refractivity contribution in [2.45, 2.75) is 30.2 Å². The Kier molecular flexibility index (Phi) is 7.22. The molecule has 0 aliphatic carbocycles. The molecule has 28 heavy (non-hydrogen) atoms. The number of anilines is 1. The predicted octanol–water partition coefficient (Wildman–Crippen LogP) is 3.70. The zero-order chi connectivity index (χ0) is 18.3. The summed E-state index contributed by atoms with van der Waals surface area (Å²) in [6.07, 6.45) is 0. The first-order valence-electron chi connectivity index (χ1n) is 9.03. The lowest BCUT2D eigenvalue weighted by Crippen LogP contribution is -2.27. The van der Waals surface area contributed by atoms with E-state index < -0.39 is 0 Å². The number of benzene rings is 2. The maximum atomic E-state index is 6.30. The second-order valence-electron chi connectivity index (χ2n) is 6.44. The van der Waals surface area contributed by atoms with Crippen LogP contribution in [0.15, 0.2) is 40.1 Å². The zero-order valence-electron chi connectivity index (χ0n) is 16.4. The fourth-order valence-electron chi connectivity index (χ4n) is 3.52. The van der Waals surface area contributed by atoms with E-state index >= 15 is 0 Å². The third kappa shape index (κ3) is 3.67. The van der Waals surface area contributed by atoms with Crippen molar-refractivity contribution in [2.75, 3.05) is 32.5 Å². The lowest BCUT2D eigenvalue weighted by molar-refractivity contribution is 0.287. The number of nitrogens with two attached hydrogens (primary N) is 1. The number of nitrogens with zero attached hydrogens (tertiary/aromatic N) is 3.